The summed E-state index contributed by atoms with van der Waals surface area (Å²) >= 11 is 1.56. The van der Waals surface area contributed by atoms with Gasteiger partial charge >= 0.3 is 0 Å². The van der Waals surface area contributed by atoms with Gasteiger partial charge in [0.1, 0.15) is 11.6 Å². The Labute approximate surface area is 91.5 Å². The average molecular weight is 221 g/mol. The van der Waals surface area contributed by atoms with Crippen LogP contribution < -0.4 is 5.73 Å². The van der Waals surface area contributed by atoms with Crippen LogP contribution in [0.1, 0.15) is 0 Å². The number of H-pyrrole nitrogens is 1. The second-order valence-electron chi connectivity index (χ2n) is 3.05. The molecule has 0 unspecified atom stereocenters. The van der Waals surface area contributed by atoms with Crippen LogP contribution in [0.4, 0.5) is 5.82 Å². The highest BCUT2D eigenvalue weighted by molar-refractivity contribution is 7.98. The zero-order chi connectivity index (χ0) is 10.8. The Hall–Kier alpha value is -1.62. The van der Waals surface area contributed by atoms with Crippen LogP contribution in [0.3, 0.4) is 0 Å². The lowest BCUT2D eigenvalue weighted by molar-refractivity contribution is 0.476. The molecule has 0 radical (unpaired) electrons. The predicted molar refractivity (Wildman–Crippen MR) is 61.9 cm³/mol. The van der Waals surface area contributed by atoms with Gasteiger partial charge in [-0.3, -0.25) is 5.10 Å². The first-order valence-corrected chi connectivity index (χ1v) is 5.61. The van der Waals surface area contributed by atoms with Crippen molar-refractivity contribution in [3.8, 4) is 16.9 Å². The van der Waals surface area contributed by atoms with E-state index in [4.69, 9.17) is 5.73 Å². The molecule has 0 saturated heterocycles. The molecule has 0 bridgehead atoms. The summed E-state index contributed by atoms with van der Waals surface area (Å²) in [5.41, 5.74) is 7.19. The number of aromatic nitrogens is 2. The predicted octanol–water partition coefficient (Wildman–Crippen LogP) is 2.09. The van der Waals surface area contributed by atoms with E-state index in [9.17, 15) is 5.11 Å². The molecule has 5 heteroatoms. The largest absolute Gasteiger partial charge is 0.507 e. The first kappa shape index (κ1) is 9.92. The molecule has 15 heavy (non-hydrogen) atoms. The van der Waals surface area contributed by atoms with Crippen LogP contribution >= 0.6 is 11.8 Å². The highest BCUT2D eigenvalue weighted by Gasteiger charge is 2.13. The molecule has 1 aromatic heterocycles. The third-order valence-electron chi connectivity index (χ3n) is 2.16. The summed E-state index contributed by atoms with van der Waals surface area (Å²) in [7, 11) is 0. The van der Waals surface area contributed by atoms with E-state index < -0.39 is 0 Å². The zero-order valence-corrected chi connectivity index (χ0v) is 9.01. The first-order valence-electron chi connectivity index (χ1n) is 4.39. The van der Waals surface area contributed by atoms with Crippen molar-refractivity contribution >= 4 is 17.6 Å². The molecule has 78 valence electrons. The smallest absolute Gasteiger partial charge is 0.126 e. The molecule has 0 fully saturated rings. The van der Waals surface area contributed by atoms with E-state index in [1.807, 2.05) is 12.3 Å². The summed E-state index contributed by atoms with van der Waals surface area (Å²) in [5.74, 6) is 0.682. The van der Waals surface area contributed by atoms with Crippen LogP contribution in [-0.2, 0) is 0 Å². The number of phenols is 1. The van der Waals surface area contributed by atoms with Crippen molar-refractivity contribution in [2.45, 2.75) is 4.90 Å². The molecule has 0 aliphatic rings. The molecular formula is C10H11N3OS. The van der Waals surface area contributed by atoms with Crippen molar-refractivity contribution in [1.82, 2.24) is 10.2 Å². The van der Waals surface area contributed by atoms with Crippen molar-refractivity contribution in [2.75, 3.05) is 12.0 Å². The highest BCUT2D eigenvalue weighted by Crippen LogP contribution is 2.38. The van der Waals surface area contributed by atoms with Gasteiger partial charge in [0.05, 0.1) is 6.20 Å². The topological polar surface area (TPSA) is 74.9 Å². The highest BCUT2D eigenvalue weighted by atomic mass is 32.2. The lowest BCUT2D eigenvalue weighted by Gasteiger charge is -2.08. The number of aromatic amines is 1. The summed E-state index contributed by atoms with van der Waals surface area (Å²) in [4.78, 5) is 0.975. The molecule has 0 saturated carbocycles. The van der Waals surface area contributed by atoms with Gasteiger partial charge in [-0.25, -0.2) is 0 Å². The molecule has 0 spiro atoms. The maximum Gasteiger partial charge on any atom is 0.126 e. The number of benzene rings is 1. The van der Waals surface area contributed by atoms with Crippen LogP contribution in [-0.4, -0.2) is 21.6 Å². The van der Waals surface area contributed by atoms with E-state index in [2.05, 4.69) is 10.2 Å². The molecule has 0 aliphatic heterocycles. The molecule has 0 amide bonds. The third-order valence-corrected chi connectivity index (χ3v) is 2.94. The fourth-order valence-corrected chi connectivity index (χ4v) is 2.09. The number of phenolic OH excluding ortho intramolecular Hbond substituents is 1. The summed E-state index contributed by atoms with van der Waals surface area (Å²) in [6.45, 7) is 0. The number of aromatic hydroxyl groups is 1. The number of rotatable bonds is 2. The minimum atomic E-state index is 0.218. The molecule has 2 aromatic rings. The van der Waals surface area contributed by atoms with Crippen molar-refractivity contribution in [2.24, 2.45) is 0 Å². The second-order valence-corrected chi connectivity index (χ2v) is 3.90. The molecule has 4 N–H and O–H groups in total. The lowest BCUT2D eigenvalue weighted by Crippen LogP contribution is -1.89. The Bertz CT molecular complexity index is 481. The fraction of sp³-hybridized carbons (Fsp3) is 0.100. The number of nitrogen functional groups attached to an aromatic ring is 1. The number of nitrogens with zero attached hydrogens (tertiary/aromatic N) is 1. The first-order chi connectivity index (χ1) is 7.24. The molecule has 1 heterocycles. The minimum absolute atomic E-state index is 0.218. The Morgan fingerprint density at radius 3 is 2.87 bits per heavy atom. The Kier molecular flexibility index (Phi) is 2.55. The monoisotopic (exact) mass is 221 g/mol. The minimum Gasteiger partial charge on any atom is -0.507 e. The van der Waals surface area contributed by atoms with Gasteiger partial charge < -0.3 is 10.8 Å². The van der Waals surface area contributed by atoms with E-state index in [-0.39, 0.29) is 5.75 Å². The number of hydrogen-bond donors (Lipinski definition) is 3. The van der Waals surface area contributed by atoms with Gasteiger partial charge in [-0.2, -0.15) is 5.10 Å². The van der Waals surface area contributed by atoms with Gasteiger partial charge in [-0.15, -0.1) is 11.8 Å². The second kappa shape index (κ2) is 3.86. The van der Waals surface area contributed by atoms with Gasteiger partial charge in [0.25, 0.3) is 0 Å². The Morgan fingerprint density at radius 2 is 2.27 bits per heavy atom. The molecular weight excluding hydrogens is 210 g/mol. The Morgan fingerprint density at radius 1 is 1.47 bits per heavy atom. The summed E-state index contributed by atoms with van der Waals surface area (Å²) in [6, 6.07) is 5.38. The SMILES string of the molecule is CSc1cccc(O)c1-c1cn[nH]c1N. The van der Waals surface area contributed by atoms with Gasteiger partial charge in [-0.1, -0.05) is 6.07 Å². The molecule has 0 atom stereocenters. The van der Waals surface area contributed by atoms with Gasteiger partial charge in [-0.05, 0) is 18.4 Å². The summed E-state index contributed by atoms with van der Waals surface area (Å²) in [6.07, 6.45) is 3.57. The standard InChI is InChI=1S/C10H11N3OS/c1-15-8-4-2-3-7(14)9(8)6-5-12-13-10(6)11/h2-5,14H,1H3,(H3,11,12,13). The fourth-order valence-electron chi connectivity index (χ4n) is 1.46. The van der Waals surface area contributed by atoms with E-state index in [1.54, 1.807) is 30.1 Å². The number of nitrogens with two attached hydrogens (primary N) is 1. The quantitative estimate of drug-likeness (QED) is 0.679. The van der Waals surface area contributed by atoms with Crippen LogP contribution in [0.15, 0.2) is 29.3 Å². The molecule has 1 aromatic carbocycles. The maximum atomic E-state index is 9.81. The molecule has 4 nitrogen and oxygen atoms in total. The number of hydrogen-bond acceptors (Lipinski definition) is 4. The van der Waals surface area contributed by atoms with E-state index in [0.717, 1.165) is 16.0 Å². The number of anilines is 1. The van der Waals surface area contributed by atoms with E-state index >= 15 is 0 Å². The molecule has 2 rings (SSSR count). The van der Waals surface area contributed by atoms with Crippen LogP contribution in [0.25, 0.3) is 11.1 Å². The normalized spacial score (nSPS) is 10.5. The van der Waals surface area contributed by atoms with Crippen molar-refractivity contribution < 1.29 is 5.11 Å². The maximum absolute atomic E-state index is 9.81. The zero-order valence-electron chi connectivity index (χ0n) is 8.19. The van der Waals surface area contributed by atoms with Crippen LogP contribution in [0, 0.1) is 0 Å². The van der Waals surface area contributed by atoms with E-state index in [0.29, 0.717) is 5.82 Å². The average Bonchev–Trinajstić information content (AvgIpc) is 2.64. The summed E-state index contributed by atoms with van der Waals surface area (Å²) < 4.78 is 0. The molecule has 0 aliphatic carbocycles. The van der Waals surface area contributed by atoms with Gasteiger partial charge in [0.15, 0.2) is 0 Å². The van der Waals surface area contributed by atoms with Crippen molar-refractivity contribution in [3.05, 3.63) is 24.4 Å². The van der Waals surface area contributed by atoms with Gasteiger partial charge in [0.2, 0.25) is 0 Å². The third kappa shape index (κ3) is 1.66. The Balaban J connectivity index is 2.66. The van der Waals surface area contributed by atoms with Crippen molar-refractivity contribution in [3.63, 3.8) is 0 Å². The number of thioether (sulfide) groups is 1. The lowest BCUT2D eigenvalue weighted by atomic mass is 10.1. The van der Waals surface area contributed by atoms with Gasteiger partial charge in [0, 0.05) is 16.0 Å². The van der Waals surface area contributed by atoms with E-state index in [1.165, 1.54) is 0 Å². The van der Waals surface area contributed by atoms with Crippen LogP contribution in [0.5, 0.6) is 5.75 Å². The number of nitrogens with one attached hydrogen (secondary N) is 1. The summed E-state index contributed by atoms with van der Waals surface area (Å²) in [5, 5.41) is 16.3. The van der Waals surface area contributed by atoms with Crippen LogP contribution in [0.2, 0.25) is 0 Å². The van der Waals surface area contributed by atoms with Crippen molar-refractivity contribution in [1.29, 1.82) is 0 Å².